The molecule has 11 heteroatoms. The Morgan fingerprint density at radius 3 is 2.39 bits per heavy atom. The van der Waals surface area contributed by atoms with Gasteiger partial charge >= 0.3 is 0 Å². The Kier molecular flexibility index (Phi) is 5.71. The zero-order valence-corrected chi connectivity index (χ0v) is 22.8. The number of likely N-dealkylation sites (tertiary alicyclic amines) is 2. The van der Waals surface area contributed by atoms with Crippen molar-refractivity contribution >= 4 is 62.8 Å². The van der Waals surface area contributed by atoms with Crippen LogP contribution in [-0.4, -0.2) is 59.3 Å². The number of halogens is 4. The summed E-state index contributed by atoms with van der Waals surface area (Å²) < 4.78 is 14.5. The molecule has 1 aromatic carbocycles. The predicted octanol–water partition coefficient (Wildman–Crippen LogP) is 4.04. The van der Waals surface area contributed by atoms with E-state index in [-0.39, 0.29) is 35.7 Å². The zero-order chi connectivity index (χ0) is 26.5. The summed E-state index contributed by atoms with van der Waals surface area (Å²) in [6.07, 6.45) is 1.78. The maximum atomic E-state index is 14.5. The standard InChI is InChI=1S/C25H24BrCl2FN2O5/c1-23(2,3)31-19(33)12-8-7-11-14(16(12)20(31)34)9-24(27)21(35)30(10-26)22(36)25(24,28)17(11)13-5-4-6-15(29)18(13)32/h4-7,12,14,16-17,32H,8-10H2,1-3H3. The zero-order valence-electron chi connectivity index (χ0n) is 19.7. The van der Waals surface area contributed by atoms with Gasteiger partial charge < -0.3 is 5.11 Å². The first kappa shape index (κ1) is 25.7. The van der Waals surface area contributed by atoms with E-state index in [1.807, 2.05) is 0 Å². The van der Waals surface area contributed by atoms with E-state index in [2.05, 4.69) is 15.9 Å². The molecule has 2 aliphatic heterocycles. The lowest BCUT2D eigenvalue weighted by Crippen LogP contribution is -2.60. The third-order valence-corrected chi connectivity index (χ3v) is 9.93. The van der Waals surface area contributed by atoms with Crippen molar-refractivity contribution in [1.29, 1.82) is 0 Å². The molecule has 1 N–H and O–H groups in total. The van der Waals surface area contributed by atoms with Crippen LogP contribution in [-0.2, 0) is 19.2 Å². The third kappa shape index (κ3) is 3.02. The van der Waals surface area contributed by atoms with Crippen LogP contribution in [0.4, 0.5) is 4.39 Å². The molecule has 0 spiro atoms. The molecule has 5 rings (SSSR count). The number of benzene rings is 1. The number of imide groups is 2. The van der Waals surface area contributed by atoms with E-state index in [4.69, 9.17) is 23.2 Å². The number of hydrogen-bond donors (Lipinski definition) is 1. The third-order valence-electron chi connectivity index (χ3n) is 8.01. The van der Waals surface area contributed by atoms with E-state index in [1.54, 1.807) is 26.8 Å². The number of amides is 4. The molecule has 6 atom stereocenters. The Balaban J connectivity index is 1.75. The highest BCUT2D eigenvalue weighted by atomic mass is 79.9. The molecule has 192 valence electrons. The van der Waals surface area contributed by atoms with Gasteiger partial charge in [-0.05, 0) is 45.6 Å². The molecule has 7 nitrogen and oxygen atoms in total. The van der Waals surface area contributed by atoms with Gasteiger partial charge in [0.2, 0.25) is 11.8 Å². The van der Waals surface area contributed by atoms with Gasteiger partial charge in [0.1, 0.15) is 0 Å². The fraction of sp³-hybridized carbons (Fsp3) is 0.520. The summed E-state index contributed by atoms with van der Waals surface area (Å²) in [5, 5.41) is 10.7. The van der Waals surface area contributed by atoms with Gasteiger partial charge in [0, 0.05) is 17.0 Å². The number of carbonyl (C=O) groups is 4. The summed E-state index contributed by atoms with van der Waals surface area (Å²) in [7, 11) is 0. The van der Waals surface area contributed by atoms with Crippen LogP contribution in [0.1, 0.15) is 45.1 Å². The van der Waals surface area contributed by atoms with E-state index in [1.165, 1.54) is 17.0 Å². The number of aromatic hydroxyl groups is 1. The normalized spacial score (nSPS) is 36.1. The van der Waals surface area contributed by atoms with Crippen LogP contribution in [0.25, 0.3) is 0 Å². The highest BCUT2D eigenvalue weighted by Gasteiger charge is 2.76. The van der Waals surface area contributed by atoms with Crippen molar-refractivity contribution in [3.8, 4) is 5.75 Å². The lowest BCUT2D eigenvalue weighted by Gasteiger charge is -2.50. The van der Waals surface area contributed by atoms with E-state index in [9.17, 15) is 28.7 Å². The summed E-state index contributed by atoms with van der Waals surface area (Å²) in [6, 6.07) is 3.86. The van der Waals surface area contributed by atoms with Gasteiger partial charge in [0.05, 0.1) is 17.3 Å². The van der Waals surface area contributed by atoms with E-state index in [0.29, 0.717) is 5.57 Å². The van der Waals surface area contributed by atoms with E-state index >= 15 is 0 Å². The quantitative estimate of drug-likeness (QED) is 0.239. The number of hydrogen-bond acceptors (Lipinski definition) is 5. The van der Waals surface area contributed by atoms with Gasteiger partial charge in [0.15, 0.2) is 21.3 Å². The van der Waals surface area contributed by atoms with Gasteiger partial charge in [-0.1, -0.05) is 39.7 Å². The fourth-order valence-electron chi connectivity index (χ4n) is 6.52. The Bertz CT molecular complexity index is 1270. The van der Waals surface area contributed by atoms with Crippen LogP contribution in [0.15, 0.2) is 29.8 Å². The molecular formula is C25H24BrCl2FN2O5. The second-order valence-electron chi connectivity index (χ2n) is 10.8. The van der Waals surface area contributed by atoms with Crippen molar-refractivity contribution in [1.82, 2.24) is 9.80 Å². The molecule has 0 radical (unpaired) electrons. The second kappa shape index (κ2) is 8.01. The summed E-state index contributed by atoms with van der Waals surface area (Å²) in [5.74, 6) is -7.27. The molecule has 1 saturated carbocycles. The van der Waals surface area contributed by atoms with Gasteiger partial charge in [-0.3, -0.25) is 29.0 Å². The summed E-state index contributed by atoms with van der Waals surface area (Å²) in [4.78, 5) is 52.2. The number of nitrogens with zero attached hydrogens (tertiary/aromatic N) is 2. The van der Waals surface area contributed by atoms with Gasteiger partial charge in [0.25, 0.3) is 11.8 Å². The van der Waals surface area contributed by atoms with Crippen LogP contribution in [0.2, 0.25) is 0 Å². The van der Waals surface area contributed by atoms with Crippen LogP contribution in [0.3, 0.4) is 0 Å². The maximum Gasteiger partial charge on any atom is 0.254 e. The first-order valence-corrected chi connectivity index (χ1v) is 13.4. The number of allylic oxidation sites excluding steroid dienone is 2. The molecule has 3 fully saturated rings. The largest absolute Gasteiger partial charge is 0.505 e. The van der Waals surface area contributed by atoms with Crippen molar-refractivity contribution in [2.75, 3.05) is 5.45 Å². The van der Waals surface area contributed by atoms with Crippen molar-refractivity contribution in [2.24, 2.45) is 17.8 Å². The number of phenols is 1. The van der Waals surface area contributed by atoms with Crippen molar-refractivity contribution < 1.29 is 28.7 Å². The van der Waals surface area contributed by atoms with Crippen LogP contribution < -0.4 is 0 Å². The predicted molar refractivity (Wildman–Crippen MR) is 133 cm³/mol. The van der Waals surface area contributed by atoms with Crippen molar-refractivity contribution in [2.45, 2.75) is 54.8 Å². The van der Waals surface area contributed by atoms with Gasteiger partial charge in [-0.25, -0.2) is 4.39 Å². The number of alkyl halides is 3. The number of fused-ring (bicyclic) bond motifs is 4. The van der Waals surface area contributed by atoms with Gasteiger partial charge in [-0.2, -0.15) is 0 Å². The molecule has 2 saturated heterocycles. The summed E-state index contributed by atoms with van der Waals surface area (Å²) >= 11 is 17.2. The molecule has 0 aromatic heterocycles. The minimum absolute atomic E-state index is 0.00792. The average molecular weight is 602 g/mol. The molecule has 2 aliphatic carbocycles. The van der Waals surface area contributed by atoms with E-state index < -0.39 is 62.3 Å². The summed E-state index contributed by atoms with van der Waals surface area (Å²) in [6.45, 7) is 5.30. The smallest absolute Gasteiger partial charge is 0.254 e. The number of carbonyl (C=O) groups excluding carboxylic acids is 4. The second-order valence-corrected chi connectivity index (χ2v) is 12.6. The van der Waals surface area contributed by atoms with Crippen LogP contribution >= 0.6 is 39.1 Å². The monoisotopic (exact) mass is 600 g/mol. The molecule has 6 unspecified atom stereocenters. The Labute approximate surface area is 225 Å². The first-order chi connectivity index (χ1) is 16.7. The molecule has 4 amide bonds. The van der Waals surface area contributed by atoms with Crippen molar-refractivity contribution in [3.63, 3.8) is 0 Å². The molecule has 1 aromatic rings. The Hall–Kier alpha value is -1.97. The Morgan fingerprint density at radius 2 is 1.78 bits per heavy atom. The maximum absolute atomic E-state index is 14.5. The minimum atomic E-state index is -2.09. The average Bonchev–Trinajstić information content (AvgIpc) is 3.14. The highest BCUT2D eigenvalue weighted by Crippen LogP contribution is 2.66. The summed E-state index contributed by atoms with van der Waals surface area (Å²) in [5.41, 5.74) is -0.439. The minimum Gasteiger partial charge on any atom is -0.505 e. The van der Waals surface area contributed by atoms with Crippen LogP contribution in [0.5, 0.6) is 5.75 Å². The number of phenolic OH excluding ortho intramolecular Hbond substituents is 1. The van der Waals surface area contributed by atoms with Crippen LogP contribution in [0, 0.1) is 23.6 Å². The fourth-order valence-corrected chi connectivity index (χ4v) is 7.94. The van der Waals surface area contributed by atoms with Crippen molar-refractivity contribution in [3.05, 3.63) is 41.2 Å². The molecule has 4 aliphatic rings. The lowest BCUT2D eigenvalue weighted by atomic mass is 9.56. The highest BCUT2D eigenvalue weighted by molar-refractivity contribution is 9.09. The molecule has 36 heavy (non-hydrogen) atoms. The Morgan fingerprint density at radius 1 is 1.11 bits per heavy atom. The van der Waals surface area contributed by atoms with E-state index in [0.717, 1.165) is 11.0 Å². The van der Waals surface area contributed by atoms with Gasteiger partial charge in [-0.15, -0.1) is 23.2 Å². The first-order valence-electron chi connectivity index (χ1n) is 11.6. The topological polar surface area (TPSA) is 95.0 Å². The number of rotatable bonds is 2. The SMILES string of the molecule is CC(C)(C)N1C(=O)C2CC=C3C(CC4(Cl)C(=O)N(CBr)C(=O)C4(Cl)C3c3cccc(F)c3O)C2C1=O. The molecule has 2 heterocycles. The molecule has 0 bridgehead atoms. The lowest BCUT2D eigenvalue weighted by molar-refractivity contribution is -0.146. The number of para-hydroxylation sites is 1. The molecular weight excluding hydrogens is 578 g/mol.